The van der Waals surface area contributed by atoms with E-state index in [0.717, 1.165) is 16.7 Å². The molecule has 1 unspecified atom stereocenters. The molecule has 39 heavy (non-hydrogen) atoms. The van der Waals surface area contributed by atoms with Crippen molar-refractivity contribution in [1.29, 1.82) is 0 Å². The highest BCUT2D eigenvalue weighted by molar-refractivity contribution is 5.47. The average Bonchev–Trinajstić information content (AvgIpc) is 3.44. The van der Waals surface area contributed by atoms with E-state index in [9.17, 15) is 4.79 Å². The molecule has 2 saturated heterocycles. The number of aromatic nitrogens is 2. The second-order valence-electron chi connectivity index (χ2n) is 10.3. The maximum Gasteiger partial charge on any atom is 0.258 e. The first-order valence-electron chi connectivity index (χ1n) is 13.0. The summed E-state index contributed by atoms with van der Waals surface area (Å²) in [6.45, 7) is 3.89. The van der Waals surface area contributed by atoms with Crippen molar-refractivity contribution in [2.75, 3.05) is 12.3 Å². The molecule has 6 rings (SSSR count). The van der Waals surface area contributed by atoms with Crippen LogP contribution in [0.25, 0.3) is 0 Å². The van der Waals surface area contributed by atoms with E-state index in [1.807, 2.05) is 68.4 Å². The molecule has 8 nitrogen and oxygen atoms in total. The average molecular weight is 526 g/mol. The van der Waals surface area contributed by atoms with Gasteiger partial charge in [0.05, 0.1) is 12.2 Å². The van der Waals surface area contributed by atoms with Crippen LogP contribution >= 0.6 is 0 Å². The van der Waals surface area contributed by atoms with Crippen LogP contribution in [0, 0.1) is 0 Å². The van der Waals surface area contributed by atoms with E-state index >= 15 is 0 Å². The molecule has 3 N–H and O–H groups in total. The lowest BCUT2D eigenvalue weighted by Gasteiger charge is -2.37. The summed E-state index contributed by atoms with van der Waals surface area (Å²) in [6, 6.07) is 30.4. The molecule has 0 amide bonds. The fourth-order valence-corrected chi connectivity index (χ4v) is 5.66. The lowest BCUT2D eigenvalue weighted by atomic mass is 9.80. The number of H-pyrrole nitrogens is 1. The van der Waals surface area contributed by atoms with E-state index in [4.69, 9.17) is 24.7 Å². The maximum atomic E-state index is 12.8. The van der Waals surface area contributed by atoms with Gasteiger partial charge in [0.25, 0.3) is 5.56 Å². The van der Waals surface area contributed by atoms with E-state index in [1.165, 1.54) is 6.20 Å². The highest BCUT2D eigenvalue weighted by atomic mass is 16.8. The van der Waals surface area contributed by atoms with Crippen LogP contribution < -0.4 is 11.3 Å². The van der Waals surface area contributed by atoms with Gasteiger partial charge in [-0.3, -0.25) is 9.78 Å². The predicted octanol–water partition coefficient (Wildman–Crippen LogP) is 4.32. The third kappa shape index (κ3) is 4.66. The predicted molar refractivity (Wildman–Crippen MR) is 146 cm³/mol. The molecule has 4 aromatic rings. The Morgan fingerprint density at radius 1 is 0.872 bits per heavy atom. The Morgan fingerprint density at radius 3 is 1.90 bits per heavy atom. The SMILES string of the molecule is CC1(C)O[C@@H]2[C@@H](COC(c3ccccc3)(c3ccccc3)c3ccccc3)OC(c3cnc(N)[nH]c3=O)[C@@H]2O1. The second-order valence-corrected chi connectivity index (χ2v) is 10.3. The van der Waals surface area contributed by atoms with Gasteiger partial charge in [0.15, 0.2) is 11.7 Å². The van der Waals surface area contributed by atoms with Gasteiger partial charge >= 0.3 is 0 Å². The molecule has 0 aliphatic carbocycles. The molecule has 2 fully saturated rings. The molecule has 2 aliphatic rings. The third-order valence-corrected chi connectivity index (χ3v) is 7.31. The fraction of sp³-hybridized carbons (Fsp3) is 0.290. The number of hydrogen-bond acceptors (Lipinski definition) is 7. The molecule has 2 aliphatic heterocycles. The smallest absolute Gasteiger partial charge is 0.258 e. The Morgan fingerprint density at radius 2 is 1.38 bits per heavy atom. The van der Waals surface area contributed by atoms with Crippen molar-refractivity contribution in [3.63, 3.8) is 0 Å². The van der Waals surface area contributed by atoms with E-state index < -0.39 is 35.8 Å². The van der Waals surface area contributed by atoms with E-state index in [-0.39, 0.29) is 18.1 Å². The van der Waals surface area contributed by atoms with Gasteiger partial charge in [-0.05, 0) is 30.5 Å². The summed E-state index contributed by atoms with van der Waals surface area (Å²) in [7, 11) is 0. The Bertz CT molecular complexity index is 1380. The van der Waals surface area contributed by atoms with Crippen molar-refractivity contribution in [3.8, 4) is 0 Å². The van der Waals surface area contributed by atoms with Crippen LogP contribution in [-0.2, 0) is 24.5 Å². The van der Waals surface area contributed by atoms with Crippen LogP contribution in [0.2, 0.25) is 0 Å². The number of nitrogens with one attached hydrogen (secondary N) is 1. The van der Waals surface area contributed by atoms with Gasteiger partial charge in [-0.15, -0.1) is 0 Å². The van der Waals surface area contributed by atoms with Gasteiger partial charge < -0.3 is 24.7 Å². The summed E-state index contributed by atoms with van der Waals surface area (Å²) < 4.78 is 26.0. The van der Waals surface area contributed by atoms with Crippen LogP contribution in [0.4, 0.5) is 5.95 Å². The lowest BCUT2D eigenvalue weighted by Crippen LogP contribution is -2.39. The standard InChI is InChI=1S/C31H31N3O5/c1-30(2)38-26-24(37-25(27(26)39-30)23-18-33-29(32)34-28(23)35)19-36-31(20-12-6-3-7-13-20,21-14-8-4-9-15-21)22-16-10-5-11-17-22/h3-18,24-27H,19H2,1-2H3,(H3,32,33,34,35)/t24-,25?,26-,27+/m1/s1. The molecule has 1 aromatic heterocycles. The molecule has 0 saturated carbocycles. The fourth-order valence-electron chi connectivity index (χ4n) is 5.66. The van der Waals surface area contributed by atoms with E-state index in [1.54, 1.807) is 0 Å². The minimum absolute atomic E-state index is 0.0421. The highest BCUT2D eigenvalue weighted by Crippen LogP contribution is 2.46. The first-order chi connectivity index (χ1) is 18.9. The van der Waals surface area contributed by atoms with E-state index in [0.29, 0.717) is 5.56 Å². The van der Waals surface area contributed by atoms with Gasteiger partial charge in [0.1, 0.15) is 30.0 Å². The molecule has 8 heteroatoms. The zero-order chi connectivity index (χ0) is 27.0. The summed E-state index contributed by atoms with van der Waals surface area (Å²) in [5, 5.41) is 0. The van der Waals surface area contributed by atoms with Crippen LogP contribution in [0.1, 0.15) is 42.2 Å². The molecule has 200 valence electrons. The Labute approximate surface area is 226 Å². The highest BCUT2D eigenvalue weighted by Gasteiger charge is 2.56. The van der Waals surface area contributed by atoms with Gasteiger partial charge in [-0.2, -0.15) is 0 Å². The third-order valence-electron chi connectivity index (χ3n) is 7.31. The molecule has 0 radical (unpaired) electrons. The van der Waals surface area contributed by atoms with E-state index in [2.05, 4.69) is 46.4 Å². The normalized spacial score (nSPS) is 23.9. The molecule has 3 aromatic carbocycles. The van der Waals surface area contributed by atoms with Gasteiger partial charge in [0, 0.05) is 6.20 Å². The van der Waals surface area contributed by atoms with Crippen molar-refractivity contribution in [1.82, 2.24) is 9.97 Å². The monoisotopic (exact) mass is 525 g/mol. The van der Waals surface area contributed by atoms with Crippen molar-refractivity contribution < 1.29 is 18.9 Å². The quantitative estimate of drug-likeness (QED) is 0.346. The summed E-state index contributed by atoms with van der Waals surface area (Å²) >= 11 is 0. The van der Waals surface area contributed by atoms with Crippen LogP contribution in [0.3, 0.4) is 0 Å². The zero-order valence-electron chi connectivity index (χ0n) is 21.8. The number of nitrogens with two attached hydrogens (primary N) is 1. The lowest BCUT2D eigenvalue weighted by molar-refractivity contribution is -0.196. The summed E-state index contributed by atoms with van der Waals surface area (Å²) in [6.07, 6.45) is -0.742. The second kappa shape index (κ2) is 10.1. The molecule has 0 bridgehead atoms. The Balaban J connectivity index is 1.40. The van der Waals surface area contributed by atoms with Crippen molar-refractivity contribution in [3.05, 3.63) is 130 Å². The van der Waals surface area contributed by atoms with Crippen molar-refractivity contribution >= 4 is 5.95 Å². The first kappa shape index (κ1) is 25.5. The molecule has 0 spiro atoms. The number of nitrogens with zero attached hydrogens (tertiary/aromatic N) is 1. The van der Waals surface area contributed by atoms with Gasteiger partial charge in [-0.1, -0.05) is 91.0 Å². The number of benzene rings is 3. The largest absolute Gasteiger partial charge is 0.369 e. The minimum Gasteiger partial charge on any atom is -0.369 e. The number of anilines is 1. The molecular weight excluding hydrogens is 494 g/mol. The van der Waals surface area contributed by atoms with Crippen molar-refractivity contribution in [2.45, 2.75) is 49.7 Å². The van der Waals surface area contributed by atoms with Gasteiger partial charge in [0.2, 0.25) is 0 Å². The van der Waals surface area contributed by atoms with Crippen LogP contribution in [0.5, 0.6) is 0 Å². The van der Waals surface area contributed by atoms with Gasteiger partial charge in [-0.25, -0.2) is 4.98 Å². The minimum atomic E-state index is -0.921. The Hall–Kier alpha value is -3.82. The molecule has 3 heterocycles. The summed E-state index contributed by atoms with van der Waals surface area (Å²) in [5.41, 5.74) is 7.68. The summed E-state index contributed by atoms with van der Waals surface area (Å²) in [4.78, 5) is 19.4. The number of nitrogen functional groups attached to an aromatic ring is 1. The molecule has 4 atom stereocenters. The Kier molecular flexibility index (Phi) is 6.56. The number of ether oxygens (including phenoxy) is 4. The first-order valence-corrected chi connectivity index (χ1v) is 13.0. The van der Waals surface area contributed by atoms with Crippen molar-refractivity contribution in [2.24, 2.45) is 0 Å². The summed E-state index contributed by atoms with van der Waals surface area (Å²) in [5.74, 6) is -0.806. The van der Waals surface area contributed by atoms with Crippen LogP contribution in [-0.4, -0.2) is 40.7 Å². The number of hydrogen-bond donors (Lipinski definition) is 2. The number of aromatic amines is 1. The number of fused-ring (bicyclic) bond motifs is 1. The molecular formula is C31H31N3O5. The maximum absolute atomic E-state index is 12.8. The van der Waals surface area contributed by atoms with Crippen LogP contribution in [0.15, 0.2) is 102 Å². The zero-order valence-corrected chi connectivity index (χ0v) is 21.8. The topological polar surface area (TPSA) is 109 Å². The number of rotatable bonds is 7.